The van der Waals surface area contributed by atoms with Gasteiger partial charge in [-0.1, -0.05) is 11.6 Å². The monoisotopic (exact) mass is 515 g/mol. The Morgan fingerprint density at radius 3 is 2.44 bits per heavy atom. The number of benzene rings is 2. The molecule has 1 aliphatic carbocycles. The van der Waals surface area contributed by atoms with E-state index in [0.29, 0.717) is 22.3 Å². The molecule has 0 aliphatic heterocycles. The number of hydrogen-bond donors (Lipinski definition) is 2. The largest absolute Gasteiger partial charge is 0.420 e. The van der Waals surface area contributed by atoms with Crippen molar-refractivity contribution >= 4 is 34.4 Å². The fourth-order valence-electron chi connectivity index (χ4n) is 4.31. The summed E-state index contributed by atoms with van der Waals surface area (Å²) in [6.07, 6.45) is -1.49. The first-order valence-electron chi connectivity index (χ1n) is 11.4. The number of aromatic nitrogens is 3. The molecule has 2 aromatic carbocycles. The summed E-state index contributed by atoms with van der Waals surface area (Å²) in [6.45, 7) is 0. The second-order valence-corrected chi connectivity index (χ2v) is 9.14. The average molecular weight is 516 g/mol. The van der Waals surface area contributed by atoms with Crippen LogP contribution in [-0.2, 0) is 6.18 Å². The van der Waals surface area contributed by atoms with E-state index in [1.54, 1.807) is 18.2 Å². The van der Waals surface area contributed by atoms with E-state index in [9.17, 15) is 18.0 Å². The maximum atomic E-state index is 12.8. The van der Waals surface area contributed by atoms with Gasteiger partial charge in [0.2, 0.25) is 11.8 Å². The van der Waals surface area contributed by atoms with Gasteiger partial charge in [-0.25, -0.2) is 9.78 Å². The van der Waals surface area contributed by atoms with Gasteiger partial charge in [-0.2, -0.15) is 13.2 Å². The summed E-state index contributed by atoms with van der Waals surface area (Å²) >= 11 is 5.99. The fraction of sp³-hybridized carbons (Fsp3) is 0.280. The van der Waals surface area contributed by atoms with Crippen molar-refractivity contribution < 1.29 is 22.4 Å². The highest BCUT2D eigenvalue weighted by molar-refractivity contribution is 6.31. The minimum Gasteiger partial charge on any atom is -0.420 e. The molecular formula is C25H21ClF3N5O2. The number of pyridine rings is 1. The number of nitrogens with one attached hydrogen (secondary N) is 2. The van der Waals surface area contributed by atoms with Crippen LogP contribution in [0.4, 0.5) is 23.8 Å². The van der Waals surface area contributed by atoms with E-state index in [4.69, 9.17) is 16.0 Å². The molecule has 0 saturated heterocycles. The summed E-state index contributed by atoms with van der Waals surface area (Å²) in [7, 11) is 0. The van der Waals surface area contributed by atoms with Crippen LogP contribution in [0, 0.1) is 0 Å². The third kappa shape index (κ3) is 5.43. The van der Waals surface area contributed by atoms with E-state index in [1.807, 2.05) is 12.1 Å². The molecule has 2 aromatic heterocycles. The van der Waals surface area contributed by atoms with Gasteiger partial charge in [-0.15, -0.1) is 10.2 Å². The second kappa shape index (κ2) is 9.77. The predicted molar refractivity (Wildman–Crippen MR) is 129 cm³/mol. The van der Waals surface area contributed by atoms with Gasteiger partial charge in [-0.05, 0) is 80.3 Å². The number of hydrogen-bond acceptors (Lipinski definition) is 5. The molecule has 2 heterocycles. The maximum Gasteiger partial charge on any atom is 0.416 e. The Kier molecular flexibility index (Phi) is 6.53. The van der Waals surface area contributed by atoms with Crippen LogP contribution in [0.3, 0.4) is 0 Å². The molecule has 0 unspecified atom stereocenters. The first-order chi connectivity index (χ1) is 17.2. The first-order valence-corrected chi connectivity index (χ1v) is 11.8. The van der Waals surface area contributed by atoms with Crippen molar-refractivity contribution in [1.29, 1.82) is 0 Å². The number of amides is 2. The van der Waals surface area contributed by atoms with Gasteiger partial charge in [0.25, 0.3) is 0 Å². The molecule has 4 aromatic rings. The number of alkyl halides is 3. The van der Waals surface area contributed by atoms with E-state index in [-0.39, 0.29) is 23.9 Å². The van der Waals surface area contributed by atoms with Gasteiger partial charge in [0.15, 0.2) is 0 Å². The maximum absolute atomic E-state index is 12.8. The van der Waals surface area contributed by atoms with Gasteiger partial charge in [0, 0.05) is 27.9 Å². The van der Waals surface area contributed by atoms with E-state index < -0.39 is 11.7 Å². The smallest absolute Gasteiger partial charge is 0.416 e. The first kappa shape index (κ1) is 24.1. The molecule has 11 heteroatoms. The zero-order valence-corrected chi connectivity index (χ0v) is 19.6. The van der Waals surface area contributed by atoms with E-state index in [0.717, 1.165) is 48.7 Å². The topological polar surface area (TPSA) is 92.9 Å². The zero-order chi connectivity index (χ0) is 25.3. The molecule has 2 amide bonds. The third-order valence-electron chi connectivity index (χ3n) is 6.20. The summed E-state index contributed by atoms with van der Waals surface area (Å²) in [6, 6.07) is 13.2. The Bertz CT molecular complexity index is 1380. The highest BCUT2D eigenvalue weighted by atomic mass is 35.5. The Hall–Kier alpha value is -3.66. The number of halogens is 4. The third-order valence-corrected chi connectivity index (χ3v) is 6.44. The number of fused-ring (bicyclic) bond motifs is 1. The number of carbonyl (C=O) groups excluding carboxylic acids is 1. The summed E-state index contributed by atoms with van der Waals surface area (Å²) < 4.78 is 44.1. The standard InChI is InChI=1S/C25H21ClF3N5O2/c26-18-8-11-20-16(13-18)5-12-21(31-20)32-24(35)30-19-9-3-15(4-10-19)23-34-33-22(36-23)14-1-6-17(7-2-14)25(27,28)29/h1-2,5-8,11-13,15,19H,3-4,9-10H2,(H2,30,31,32,35). The summed E-state index contributed by atoms with van der Waals surface area (Å²) in [4.78, 5) is 16.9. The van der Waals surface area contributed by atoms with Crippen molar-refractivity contribution in [2.45, 2.75) is 43.8 Å². The van der Waals surface area contributed by atoms with Crippen LogP contribution in [0.1, 0.15) is 43.1 Å². The molecule has 0 radical (unpaired) electrons. The summed E-state index contributed by atoms with van der Waals surface area (Å²) in [5.74, 6) is 1.10. The van der Waals surface area contributed by atoms with Crippen LogP contribution in [0.25, 0.3) is 22.4 Å². The van der Waals surface area contributed by atoms with E-state index >= 15 is 0 Å². The lowest BCUT2D eigenvalue weighted by molar-refractivity contribution is -0.137. The Labute approximate surface area is 209 Å². The second-order valence-electron chi connectivity index (χ2n) is 8.70. The zero-order valence-electron chi connectivity index (χ0n) is 18.8. The molecular weight excluding hydrogens is 495 g/mol. The number of rotatable bonds is 4. The molecule has 1 saturated carbocycles. The summed E-state index contributed by atoms with van der Waals surface area (Å²) in [5, 5.41) is 15.4. The van der Waals surface area contributed by atoms with Crippen molar-refractivity contribution in [2.24, 2.45) is 0 Å². The van der Waals surface area contributed by atoms with Gasteiger partial charge in [-0.3, -0.25) is 5.32 Å². The van der Waals surface area contributed by atoms with Crippen molar-refractivity contribution in [3.8, 4) is 11.5 Å². The molecule has 0 atom stereocenters. The molecule has 7 nitrogen and oxygen atoms in total. The van der Waals surface area contributed by atoms with E-state index in [2.05, 4.69) is 25.8 Å². The molecule has 36 heavy (non-hydrogen) atoms. The molecule has 5 rings (SSSR count). The molecule has 186 valence electrons. The van der Waals surface area contributed by atoms with E-state index in [1.165, 1.54) is 12.1 Å². The van der Waals surface area contributed by atoms with Gasteiger partial charge in [0.05, 0.1) is 11.1 Å². The van der Waals surface area contributed by atoms with Crippen LogP contribution in [-0.4, -0.2) is 27.3 Å². The van der Waals surface area contributed by atoms with Crippen LogP contribution in [0.15, 0.2) is 59.0 Å². The van der Waals surface area contributed by atoms with Gasteiger partial charge in [0.1, 0.15) is 5.82 Å². The van der Waals surface area contributed by atoms with Crippen molar-refractivity contribution in [3.05, 3.63) is 71.1 Å². The van der Waals surface area contributed by atoms with Gasteiger partial charge < -0.3 is 9.73 Å². The van der Waals surface area contributed by atoms with Crippen LogP contribution in [0.5, 0.6) is 0 Å². The lowest BCUT2D eigenvalue weighted by Crippen LogP contribution is -2.40. The van der Waals surface area contributed by atoms with Crippen LogP contribution >= 0.6 is 11.6 Å². The lowest BCUT2D eigenvalue weighted by atomic mass is 9.86. The van der Waals surface area contributed by atoms with Crippen LogP contribution in [0.2, 0.25) is 5.02 Å². The predicted octanol–water partition coefficient (Wildman–Crippen LogP) is 6.80. The van der Waals surface area contributed by atoms with Crippen molar-refractivity contribution in [1.82, 2.24) is 20.5 Å². The highest BCUT2D eigenvalue weighted by Crippen LogP contribution is 2.34. The number of urea groups is 1. The molecule has 1 aliphatic rings. The highest BCUT2D eigenvalue weighted by Gasteiger charge is 2.31. The van der Waals surface area contributed by atoms with Gasteiger partial charge >= 0.3 is 12.2 Å². The molecule has 1 fully saturated rings. The Balaban J connectivity index is 1.14. The molecule has 2 N–H and O–H groups in total. The molecule has 0 spiro atoms. The Morgan fingerprint density at radius 2 is 1.72 bits per heavy atom. The molecule has 0 bridgehead atoms. The summed E-state index contributed by atoms with van der Waals surface area (Å²) in [5.41, 5.74) is 0.425. The number of anilines is 1. The fourth-order valence-corrected chi connectivity index (χ4v) is 4.49. The van der Waals surface area contributed by atoms with Crippen LogP contribution < -0.4 is 10.6 Å². The van der Waals surface area contributed by atoms with Crippen molar-refractivity contribution in [2.75, 3.05) is 5.32 Å². The Morgan fingerprint density at radius 1 is 0.972 bits per heavy atom. The quantitative estimate of drug-likeness (QED) is 0.311. The van der Waals surface area contributed by atoms with Crippen molar-refractivity contribution in [3.63, 3.8) is 0 Å². The number of nitrogens with zero attached hydrogens (tertiary/aromatic N) is 3. The average Bonchev–Trinajstić information content (AvgIpc) is 3.34. The minimum absolute atomic E-state index is 0.0159. The SMILES string of the molecule is O=C(Nc1ccc2cc(Cl)ccc2n1)NC1CCC(c2nnc(-c3ccc(C(F)(F)F)cc3)o2)CC1. The number of carbonyl (C=O) groups is 1. The lowest BCUT2D eigenvalue weighted by Gasteiger charge is -2.27. The normalized spacial score (nSPS) is 18.2. The minimum atomic E-state index is -4.40.